The number of benzene rings is 1. The quantitative estimate of drug-likeness (QED) is 0.930. The first-order valence-corrected chi connectivity index (χ1v) is 7.15. The largest absolute Gasteiger partial charge is 0.376 e. The second-order valence-electron chi connectivity index (χ2n) is 4.87. The van der Waals surface area contributed by atoms with E-state index in [2.05, 4.69) is 47.2 Å². The average molecular weight is 311 g/mol. The lowest BCUT2D eigenvalue weighted by Gasteiger charge is -2.16. The van der Waals surface area contributed by atoms with Gasteiger partial charge < -0.3 is 10.2 Å². The number of aryl methyl sites for hydroxylation is 2. The molecule has 1 saturated heterocycles. The molecule has 1 aromatic rings. The second-order valence-corrected chi connectivity index (χ2v) is 5.66. The molecular weight excluding hydrogens is 292 g/mol. The van der Waals surface area contributed by atoms with Gasteiger partial charge in [0.05, 0.1) is 6.54 Å². The predicted molar refractivity (Wildman–Crippen MR) is 77.9 cm³/mol. The van der Waals surface area contributed by atoms with E-state index in [1.165, 1.54) is 11.1 Å². The summed E-state index contributed by atoms with van der Waals surface area (Å²) in [7, 11) is 0. The van der Waals surface area contributed by atoms with Crippen LogP contribution in [0.4, 0.5) is 5.69 Å². The Bertz CT molecular complexity index is 430. The van der Waals surface area contributed by atoms with Gasteiger partial charge in [-0.2, -0.15) is 0 Å². The molecular formula is C14H19BrN2O. The molecule has 0 atom stereocenters. The summed E-state index contributed by atoms with van der Waals surface area (Å²) in [5.74, 6) is 0.200. The minimum Gasteiger partial charge on any atom is -0.376 e. The molecule has 1 aromatic carbocycles. The normalized spacial score (nSPS) is 14.9. The Morgan fingerprint density at radius 3 is 2.39 bits per heavy atom. The highest BCUT2D eigenvalue weighted by molar-refractivity contribution is 9.10. The van der Waals surface area contributed by atoms with E-state index in [1.54, 1.807) is 0 Å². The van der Waals surface area contributed by atoms with Crippen LogP contribution in [0.2, 0.25) is 0 Å². The molecule has 0 radical (unpaired) electrons. The third kappa shape index (κ3) is 3.05. The van der Waals surface area contributed by atoms with Crippen LogP contribution in [0.3, 0.4) is 0 Å². The topological polar surface area (TPSA) is 32.3 Å². The van der Waals surface area contributed by atoms with Crippen LogP contribution in [0.15, 0.2) is 16.6 Å². The van der Waals surface area contributed by atoms with Crippen molar-refractivity contribution in [3.63, 3.8) is 0 Å². The Labute approximate surface area is 117 Å². The molecule has 0 aliphatic carbocycles. The lowest BCUT2D eigenvalue weighted by molar-refractivity contribution is -0.128. The first-order chi connectivity index (χ1) is 8.58. The monoisotopic (exact) mass is 310 g/mol. The first-order valence-electron chi connectivity index (χ1n) is 6.36. The third-order valence-electron chi connectivity index (χ3n) is 3.34. The highest BCUT2D eigenvalue weighted by atomic mass is 79.9. The number of amides is 1. The van der Waals surface area contributed by atoms with Crippen molar-refractivity contribution in [2.45, 2.75) is 26.7 Å². The number of likely N-dealkylation sites (tertiary alicyclic amines) is 1. The highest BCUT2D eigenvalue weighted by Crippen LogP contribution is 2.24. The molecule has 4 heteroatoms. The summed E-state index contributed by atoms with van der Waals surface area (Å²) in [6.07, 6.45) is 2.28. The number of nitrogens with one attached hydrogen (secondary N) is 1. The highest BCUT2D eigenvalue weighted by Gasteiger charge is 2.17. The van der Waals surface area contributed by atoms with E-state index in [0.29, 0.717) is 6.54 Å². The maximum atomic E-state index is 11.9. The number of anilines is 1. The van der Waals surface area contributed by atoms with E-state index in [4.69, 9.17) is 0 Å². The fourth-order valence-corrected chi connectivity index (χ4v) is 2.53. The van der Waals surface area contributed by atoms with E-state index in [1.807, 2.05) is 4.90 Å². The van der Waals surface area contributed by atoms with Crippen LogP contribution in [0, 0.1) is 13.8 Å². The molecule has 1 amide bonds. The summed E-state index contributed by atoms with van der Waals surface area (Å²) < 4.78 is 1.14. The Morgan fingerprint density at radius 2 is 1.83 bits per heavy atom. The molecule has 0 spiro atoms. The van der Waals surface area contributed by atoms with Gasteiger partial charge in [0.1, 0.15) is 0 Å². The van der Waals surface area contributed by atoms with Crippen molar-refractivity contribution in [1.82, 2.24) is 4.90 Å². The summed E-state index contributed by atoms with van der Waals surface area (Å²) in [6.45, 7) is 6.34. The molecule has 1 aliphatic rings. The summed E-state index contributed by atoms with van der Waals surface area (Å²) >= 11 is 3.54. The summed E-state index contributed by atoms with van der Waals surface area (Å²) in [4.78, 5) is 13.8. The second kappa shape index (κ2) is 5.74. The van der Waals surface area contributed by atoms with Crippen LogP contribution in [0.5, 0.6) is 0 Å². The first kappa shape index (κ1) is 13.4. The van der Waals surface area contributed by atoms with Crippen LogP contribution >= 0.6 is 15.9 Å². The lowest BCUT2D eigenvalue weighted by Crippen LogP contribution is -2.32. The van der Waals surface area contributed by atoms with Crippen LogP contribution in [0.25, 0.3) is 0 Å². The molecule has 3 nitrogen and oxygen atoms in total. The number of hydrogen-bond donors (Lipinski definition) is 1. The van der Waals surface area contributed by atoms with Crippen molar-refractivity contribution in [2.24, 2.45) is 0 Å². The predicted octanol–water partition coefficient (Wildman–Crippen LogP) is 3.10. The molecule has 0 saturated carbocycles. The Kier molecular flexibility index (Phi) is 4.27. The van der Waals surface area contributed by atoms with Gasteiger partial charge in [0.25, 0.3) is 0 Å². The zero-order valence-corrected chi connectivity index (χ0v) is 12.5. The van der Waals surface area contributed by atoms with Gasteiger partial charge in [-0.25, -0.2) is 0 Å². The molecule has 2 rings (SSSR count). The summed E-state index contributed by atoms with van der Waals surface area (Å²) in [5.41, 5.74) is 3.39. The van der Waals surface area contributed by atoms with Gasteiger partial charge in [0, 0.05) is 23.2 Å². The van der Waals surface area contributed by atoms with Crippen LogP contribution < -0.4 is 5.32 Å². The Morgan fingerprint density at radius 1 is 1.28 bits per heavy atom. The van der Waals surface area contributed by atoms with E-state index in [9.17, 15) is 4.79 Å². The van der Waals surface area contributed by atoms with E-state index in [0.717, 1.165) is 36.1 Å². The SMILES string of the molecule is Cc1cc(NCC(=O)N2CCCC2)cc(C)c1Br. The van der Waals surface area contributed by atoms with E-state index < -0.39 is 0 Å². The Hall–Kier alpha value is -1.03. The third-order valence-corrected chi connectivity index (χ3v) is 4.59. The van der Waals surface area contributed by atoms with E-state index in [-0.39, 0.29) is 5.91 Å². The van der Waals surface area contributed by atoms with Gasteiger partial charge in [-0.05, 0) is 49.9 Å². The molecule has 18 heavy (non-hydrogen) atoms. The fourth-order valence-electron chi connectivity index (χ4n) is 2.30. The minimum atomic E-state index is 0.200. The maximum absolute atomic E-state index is 11.9. The number of rotatable bonds is 3. The molecule has 1 N–H and O–H groups in total. The molecule has 1 heterocycles. The molecule has 98 valence electrons. The molecule has 0 aromatic heterocycles. The van der Waals surface area contributed by atoms with Gasteiger partial charge in [0.2, 0.25) is 5.91 Å². The number of carbonyl (C=O) groups is 1. The smallest absolute Gasteiger partial charge is 0.241 e. The number of nitrogens with zero attached hydrogens (tertiary/aromatic N) is 1. The summed E-state index contributed by atoms with van der Waals surface area (Å²) in [6, 6.07) is 4.13. The van der Waals surface area contributed by atoms with Gasteiger partial charge in [-0.15, -0.1) is 0 Å². The standard InChI is InChI=1S/C14H19BrN2O/c1-10-7-12(8-11(2)14(10)15)16-9-13(18)17-5-3-4-6-17/h7-8,16H,3-6,9H2,1-2H3. The van der Waals surface area contributed by atoms with Crippen molar-refractivity contribution < 1.29 is 4.79 Å². The summed E-state index contributed by atoms with van der Waals surface area (Å²) in [5, 5.41) is 3.22. The Balaban J connectivity index is 1.95. The maximum Gasteiger partial charge on any atom is 0.241 e. The number of hydrogen-bond acceptors (Lipinski definition) is 2. The van der Waals surface area contributed by atoms with E-state index >= 15 is 0 Å². The van der Waals surface area contributed by atoms with Gasteiger partial charge in [-0.1, -0.05) is 15.9 Å². The van der Waals surface area contributed by atoms with Gasteiger partial charge in [0.15, 0.2) is 0 Å². The van der Waals surface area contributed by atoms with Crippen molar-refractivity contribution in [3.8, 4) is 0 Å². The molecule has 0 bridgehead atoms. The van der Waals surface area contributed by atoms with Crippen LogP contribution in [-0.2, 0) is 4.79 Å². The van der Waals surface area contributed by atoms with Gasteiger partial charge >= 0.3 is 0 Å². The minimum absolute atomic E-state index is 0.200. The van der Waals surface area contributed by atoms with Crippen molar-refractivity contribution in [2.75, 3.05) is 25.0 Å². The lowest BCUT2D eigenvalue weighted by atomic mass is 10.1. The van der Waals surface area contributed by atoms with Crippen molar-refractivity contribution in [3.05, 3.63) is 27.7 Å². The molecule has 1 aliphatic heterocycles. The molecule has 0 unspecified atom stereocenters. The van der Waals surface area contributed by atoms with Gasteiger partial charge in [-0.3, -0.25) is 4.79 Å². The van der Waals surface area contributed by atoms with Crippen molar-refractivity contribution in [1.29, 1.82) is 0 Å². The van der Waals surface area contributed by atoms with Crippen LogP contribution in [-0.4, -0.2) is 30.4 Å². The molecule has 1 fully saturated rings. The zero-order chi connectivity index (χ0) is 13.1. The number of carbonyl (C=O) groups excluding carboxylic acids is 1. The zero-order valence-electron chi connectivity index (χ0n) is 10.9. The average Bonchev–Trinajstić information content (AvgIpc) is 2.86. The van der Waals surface area contributed by atoms with Crippen molar-refractivity contribution >= 4 is 27.5 Å². The fraction of sp³-hybridized carbons (Fsp3) is 0.500. The number of halogens is 1. The van der Waals surface area contributed by atoms with Crippen LogP contribution in [0.1, 0.15) is 24.0 Å².